The van der Waals surface area contributed by atoms with Gasteiger partial charge in [0.25, 0.3) is 0 Å². The Morgan fingerprint density at radius 3 is 2.81 bits per heavy atom. The molecule has 0 spiro atoms. The van der Waals surface area contributed by atoms with Gasteiger partial charge in [-0.3, -0.25) is 0 Å². The molecule has 0 amide bonds. The van der Waals surface area contributed by atoms with Gasteiger partial charge in [0.1, 0.15) is 0 Å². The summed E-state index contributed by atoms with van der Waals surface area (Å²) in [5, 5.41) is 0. The van der Waals surface area contributed by atoms with Crippen LogP contribution in [0.1, 0.15) is 29.2 Å². The average Bonchev–Trinajstić information content (AvgIpc) is 2.52. The Hall–Kier alpha value is -1.58. The van der Waals surface area contributed by atoms with E-state index in [-0.39, 0.29) is 0 Å². The van der Waals surface area contributed by atoms with Crippen molar-refractivity contribution in [2.24, 2.45) is 5.73 Å². The summed E-state index contributed by atoms with van der Waals surface area (Å²) >= 11 is 3.56. The molecule has 3 rings (SSSR count). The molecular formula is C18H19BrN2. The van der Waals surface area contributed by atoms with Crippen LogP contribution in [-0.2, 0) is 6.54 Å². The number of fused-ring (bicyclic) bond motifs is 1. The van der Waals surface area contributed by atoms with Crippen molar-refractivity contribution in [2.75, 3.05) is 6.54 Å². The van der Waals surface area contributed by atoms with E-state index in [1.165, 1.54) is 16.7 Å². The number of hydrogen-bond acceptors (Lipinski definition) is 2. The lowest BCUT2D eigenvalue weighted by atomic mass is 9.98. The van der Waals surface area contributed by atoms with Gasteiger partial charge in [-0.1, -0.05) is 52.3 Å². The molecule has 1 aliphatic rings. The van der Waals surface area contributed by atoms with Gasteiger partial charge in [-0.15, -0.1) is 0 Å². The largest absolute Gasteiger partial charge is 0.366 e. The minimum atomic E-state index is 0.317. The lowest BCUT2D eigenvalue weighted by Crippen LogP contribution is -2.27. The monoisotopic (exact) mass is 342 g/mol. The SMILES string of the molecule is NCCC(c1cccc(Br)c1)N1C=Cc2ccccc2C1. The van der Waals surface area contributed by atoms with E-state index in [0.717, 1.165) is 17.4 Å². The van der Waals surface area contributed by atoms with Crippen molar-refractivity contribution < 1.29 is 0 Å². The third kappa shape index (κ3) is 3.20. The molecule has 2 aromatic carbocycles. The summed E-state index contributed by atoms with van der Waals surface area (Å²) in [7, 11) is 0. The average molecular weight is 343 g/mol. The van der Waals surface area contributed by atoms with Gasteiger partial charge in [-0.25, -0.2) is 0 Å². The van der Waals surface area contributed by atoms with Crippen LogP contribution in [0.4, 0.5) is 0 Å². The molecule has 0 bridgehead atoms. The molecule has 2 nitrogen and oxygen atoms in total. The third-order valence-corrected chi connectivity index (χ3v) is 4.42. The van der Waals surface area contributed by atoms with E-state index in [1.807, 2.05) is 0 Å². The van der Waals surface area contributed by atoms with Gasteiger partial charge in [0, 0.05) is 17.2 Å². The fourth-order valence-electron chi connectivity index (χ4n) is 2.88. The van der Waals surface area contributed by atoms with Crippen molar-refractivity contribution in [3.05, 3.63) is 75.9 Å². The minimum Gasteiger partial charge on any atom is -0.366 e. The number of benzene rings is 2. The van der Waals surface area contributed by atoms with Gasteiger partial charge < -0.3 is 10.6 Å². The van der Waals surface area contributed by atoms with E-state index in [2.05, 4.69) is 81.6 Å². The van der Waals surface area contributed by atoms with Crippen LogP contribution in [0.2, 0.25) is 0 Å². The smallest absolute Gasteiger partial charge is 0.0553 e. The highest BCUT2D eigenvalue weighted by Crippen LogP contribution is 2.31. The molecule has 0 saturated heterocycles. The number of halogens is 1. The number of nitrogens with two attached hydrogens (primary N) is 1. The Labute approximate surface area is 134 Å². The normalized spacial score (nSPS) is 14.9. The first kappa shape index (κ1) is 14.4. The molecule has 0 radical (unpaired) electrons. The van der Waals surface area contributed by atoms with Crippen LogP contribution in [0, 0.1) is 0 Å². The molecule has 1 unspecified atom stereocenters. The lowest BCUT2D eigenvalue weighted by molar-refractivity contribution is 0.259. The summed E-state index contributed by atoms with van der Waals surface area (Å²) in [5.41, 5.74) is 9.83. The molecule has 3 heteroatoms. The highest BCUT2D eigenvalue weighted by Gasteiger charge is 2.20. The Morgan fingerprint density at radius 2 is 2.00 bits per heavy atom. The van der Waals surface area contributed by atoms with Gasteiger partial charge in [0.2, 0.25) is 0 Å². The zero-order valence-electron chi connectivity index (χ0n) is 11.9. The standard InChI is InChI=1S/C18H19BrN2/c19-17-7-3-6-15(12-17)18(8-10-20)21-11-9-14-4-1-2-5-16(14)13-21/h1-7,9,11-12,18H,8,10,13,20H2. The van der Waals surface area contributed by atoms with E-state index in [1.54, 1.807) is 0 Å². The summed E-state index contributed by atoms with van der Waals surface area (Å²) in [6.07, 6.45) is 5.34. The predicted octanol–water partition coefficient (Wildman–Crippen LogP) is 4.33. The van der Waals surface area contributed by atoms with E-state index in [4.69, 9.17) is 5.73 Å². The van der Waals surface area contributed by atoms with Crippen LogP contribution in [-0.4, -0.2) is 11.4 Å². The van der Waals surface area contributed by atoms with Crippen molar-refractivity contribution in [2.45, 2.75) is 19.0 Å². The van der Waals surface area contributed by atoms with Crippen LogP contribution >= 0.6 is 15.9 Å². The first-order valence-corrected chi connectivity index (χ1v) is 8.04. The van der Waals surface area contributed by atoms with Crippen molar-refractivity contribution in [3.8, 4) is 0 Å². The van der Waals surface area contributed by atoms with Gasteiger partial charge in [0.15, 0.2) is 0 Å². The van der Waals surface area contributed by atoms with E-state index in [0.29, 0.717) is 12.6 Å². The zero-order chi connectivity index (χ0) is 14.7. The van der Waals surface area contributed by atoms with Crippen molar-refractivity contribution in [3.63, 3.8) is 0 Å². The zero-order valence-corrected chi connectivity index (χ0v) is 13.5. The number of rotatable bonds is 4. The second-order valence-corrected chi connectivity index (χ2v) is 6.25. The van der Waals surface area contributed by atoms with Crippen molar-refractivity contribution >= 4 is 22.0 Å². The van der Waals surface area contributed by atoms with E-state index < -0.39 is 0 Å². The minimum absolute atomic E-state index is 0.317. The summed E-state index contributed by atoms with van der Waals surface area (Å²) < 4.78 is 1.11. The Morgan fingerprint density at radius 1 is 1.14 bits per heavy atom. The third-order valence-electron chi connectivity index (χ3n) is 3.93. The first-order valence-electron chi connectivity index (χ1n) is 7.25. The maximum absolute atomic E-state index is 5.84. The summed E-state index contributed by atoms with van der Waals surface area (Å²) in [4.78, 5) is 2.39. The molecule has 1 heterocycles. The Kier molecular flexibility index (Phi) is 4.42. The topological polar surface area (TPSA) is 29.3 Å². The van der Waals surface area contributed by atoms with Crippen LogP contribution in [0.3, 0.4) is 0 Å². The molecule has 0 aromatic heterocycles. The maximum atomic E-state index is 5.84. The molecule has 21 heavy (non-hydrogen) atoms. The van der Waals surface area contributed by atoms with Gasteiger partial charge in [-0.05, 0) is 47.9 Å². The fraction of sp³-hybridized carbons (Fsp3) is 0.222. The Bertz CT molecular complexity index is 651. The number of hydrogen-bond donors (Lipinski definition) is 1. The molecule has 0 fully saturated rings. The van der Waals surface area contributed by atoms with Gasteiger partial charge in [-0.2, -0.15) is 0 Å². The highest BCUT2D eigenvalue weighted by molar-refractivity contribution is 9.10. The molecule has 2 aromatic rings. The summed E-state index contributed by atoms with van der Waals surface area (Å²) in [6.45, 7) is 1.62. The first-order chi connectivity index (χ1) is 10.3. The second-order valence-electron chi connectivity index (χ2n) is 5.34. The number of nitrogens with zero attached hydrogens (tertiary/aromatic N) is 1. The fourth-order valence-corrected chi connectivity index (χ4v) is 3.29. The molecule has 0 saturated carbocycles. The molecule has 108 valence electrons. The lowest BCUT2D eigenvalue weighted by Gasteiger charge is -2.34. The summed E-state index contributed by atoms with van der Waals surface area (Å²) in [6, 6.07) is 17.4. The summed E-state index contributed by atoms with van der Waals surface area (Å²) in [5.74, 6) is 0. The van der Waals surface area contributed by atoms with Crippen LogP contribution in [0.25, 0.3) is 6.08 Å². The Balaban J connectivity index is 1.89. The van der Waals surface area contributed by atoms with Gasteiger partial charge >= 0.3 is 0 Å². The van der Waals surface area contributed by atoms with E-state index in [9.17, 15) is 0 Å². The van der Waals surface area contributed by atoms with Crippen molar-refractivity contribution in [1.29, 1.82) is 0 Å². The molecule has 1 aliphatic heterocycles. The quantitative estimate of drug-likeness (QED) is 0.896. The molecular weight excluding hydrogens is 324 g/mol. The molecule has 2 N–H and O–H groups in total. The van der Waals surface area contributed by atoms with E-state index >= 15 is 0 Å². The molecule has 1 atom stereocenters. The van der Waals surface area contributed by atoms with Gasteiger partial charge in [0.05, 0.1) is 6.04 Å². The van der Waals surface area contributed by atoms with Crippen molar-refractivity contribution in [1.82, 2.24) is 4.90 Å². The highest BCUT2D eigenvalue weighted by atomic mass is 79.9. The van der Waals surface area contributed by atoms with Crippen LogP contribution in [0.15, 0.2) is 59.2 Å². The predicted molar refractivity (Wildman–Crippen MR) is 91.6 cm³/mol. The second kappa shape index (κ2) is 6.46. The van der Waals surface area contributed by atoms with Crippen LogP contribution in [0.5, 0.6) is 0 Å². The molecule has 0 aliphatic carbocycles. The van der Waals surface area contributed by atoms with Crippen LogP contribution < -0.4 is 5.73 Å². The maximum Gasteiger partial charge on any atom is 0.0553 e.